The van der Waals surface area contributed by atoms with Crippen LogP contribution in [0.15, 0.2) is 0 Å². The van der Waals surface area contributed by atoms with E-state index in [1.54, 1.807) is 0 Å². The third kappa shape index (κ3) is 4.91. The van der Waals surface area contributed by atoms with E-state index in [0.29, 0.717) is 0 Å². The Balaban J connectivity index is 0.000000492. The fraction of sp³-hybridized carbons (Fsp3) is 0.933. The predicted octanol–water partition coefficient (Wildman–Crippen LogP) is 3.10. The molecule has 1 heterocycles. The van der Waals surface area contributed by atoms with Gasteiger partial charge < -0.3 is 4.90 Å². The van der Waals surface area contributed by atoms with Crippen molar-refractivity contribution in [3.8, 4) is 0 Å². The van der Waals surface area contributed by atoms with Crippen LogP contribution in [-0.4, -0.2) is 30.2 Å². The van der Waals surface area contributed by atoms with E-state index in [0.717, 1.165) is 17.9 Å². The van der Waals surface area contributed by atoms with Crippen LogP contribution >= 0.6 is 0 Å². The summed E-state index contributed by atoms with van der Waals surface area (Å²) >= 11 is 0. The summed E-state index contributed by atoms with van der Waals surface area (Å²) in [6.07, 6.45) is 10.8. The SMILES string of the molecule is CC(C)N1CCC(C2CCCCC2)CC1.O=C=O. The van der Waals surface area contributed by atoms with Crippen molar-refractivity contribution in [2.75, 3.05) is 13.1 Å². The van der Waals surface area contributed by atoms with E-state index in [1.807, 2.05) is 0 Å². The monoisotopic (exact) mass is 253 g/mol. The first-order valence-electron chi connectivity index (χ1n) is 7.42. The van der Waals surface area contributed by atoms with Gasteiger partial charge in [-0.3, -0.25) is 0 Å². The normalized spacial score (nSPS) is 23.3. The summed E-state index contributed by atoms with van der Waals surface area (Å²) in [4.78, 5) is 18.9. The summed E-state index contributed by atoms with van der Waals surface area (Å²) in [7, 11) is 0. The van der Waals surface area contributed by atoms with Crippen molar-refractivity contribution < 1.29 is 9.59 Å². The molecule has 3 nitrogen and oxygen atoms in total. The van der Waals surface area contributed by atoms with Crippen molar-refractivity contribution in [1.29, 1.82) is 0 Å². The summed E-state index contributed by atoms with van der Waals surface area (Å²) in [5.74, 6) is 2.16. The van der Waals surface area contributed by atoms with Gasteiger partial charge in [-0.15, -0.1) is 0 Å². The van der Waals surface area contributed by atoms with E-state index in [1.165, 1.54) is 58.0 Å². The van der Waals surface area contributed by atoms with Gasteiger partial charge in [-0.2, -0.15) is 9.59 Å². The number of hydrogen-bond acceptors (Lipinski definition) is 3. The van der Waals surface area contributed by atoms with Crippen LogP contribution < -0.4 is 0 Å². The zero-order valence-corrected chi connectivity index (χ0v) is 11.9. The maximum atomic E-state index is 8.12. The quantitative estimate of drug-likeness (QED) is 0.759. The van der Waals surface area contributed by atoms with Crippen LogP contribution in [0.5, 0.6) is 0 Å². The van der Waals surface area contributed by atoms with E-state index in [-0.39, 0.29) is 6.15 Å². The minimum Gasteiger partial charge on any atom is -0.301 e. The van der Waals surface area contributed by atoms with Crippen LogP contribution in [0.25, 0.3) is 0 Å². The molecule has 2 rings (SSSR count). The maximum absolute atomic E-state index is 8.12. The van der Waals surface area contributed by atoms with Crippen molar-refractivity contribution in [2.45, 2.75) is 64.8 Å². The first-order chi connectivity index (χ1) is 8.69. The van der Waals surface area contributed by atoms with Crippen molar-refractivity contribution >= 4 is 6.15 Å². The zero-order chi connectivity index (χ0) is 13.4. The van der Waals surface area contributed by atoms with Crippen LogP contribution in [0, 0.1) is 11.8 Å². The Morgan fingerprint density at radius 2 is 1.33 bits per heavy atom. The summed E-state index contributed by atoms with van der Waals surface area (Å²) in [5.41, 5.74) is 0. The summed E-state index contributed by atoms with van der Waals surface area (Å²) < 4.78 is 0. The van der Waals surface area contributed by atoms with Crippen LogP contribution in [-0.2, 0) is 9.59 Å². The Labute approximate surface area is 111 Å². The predicted molar refractivity (Wildman–Crippen MR) is 71.0 cm³/mol. The first kappa shape index (κ1) is 15.4. The molecule has 0 aromatic heterocycles. The molecule has 1 saturated carbocycles. The summed E-state index contributed by atoms with van der Waals surface area (Å²) in [5, 5.41) is 0. The zero-order valence-electron chi connectivity index (χ0n) is 11.9. The molecular weight excluding hydrogens is 226 g/mol. The van der Waals surface area contributed by atoms with Gasteiger partial charge in [0.15, 0.2) is 0 Å². The van der Waals surface area contributed by atoms with Crippen LogP contribution in [0.2, 0.25) is 0 Å². The number of hydrogen-bond donors (Lipinski definition) is 0. The lowest BCUT2D eigenvalue weighted by Crippen LogP contribution is -2.40. The van der Waals surface area contributed by atoms with Gasteiger partial charge in [0, 0.05) is 6.04 Å². The van der Waals surface area contributed by atoms with Gasteiger partial charge in [-0.25, -0.2) is 0 Å². The molecule has 0 aromatic rings. The lowest BCUT2D eigenvalue weighted by molar-refractivity contribution is -0.191. The average Bonchev–Trinajstić information content (AvgIpc) is 2.41. The Morgan fingerprint density at radius 3 is 1.78 bits per heavy atom. The fourth-order valence-electron chi connectivity index (χ4n) is 3.51. The standard InChI is InChI=1S/C14H27N.CO2/c1-12(2)15-10-8-14(9-11-15)13-6-4-3-5-7-13;2-1-3/h12-14H,3-11H2,1-2H3;. The molecule has 1 aliphatic carbocycles. The lowest BCUT2D eigenvalue weighted by atomic mass is 9.76. The minimum atomic E-state index is 0.250. The third-order valence-electron chi connectivity index (χ3n) is 4.62. The largest absolute Gasteiger partial charge is 0.373 e. The van der Waals surface area contributed by atoms with Gasteiger partial charge >= 0.3 is 6.15 Å². The molecule has 3 heteroatoms. The minimum absolute atomic E-state index is 0.250. The fourth-order valence-corrected chi connectivity index (χ4v) is 3.51. The molecular formula is C15H27NO2. The van der Waals surface area contributed by atoms with E-state index in [4.69, 9.17) is 9.59 Å². The Morgan fingerprint density at radius 1 is 0.889 bits per heavy atom. The number of carbonyl (C=O) groups excluding carboxylic acids is 2. The van der Waals surface area contributed by atoms with Crippen molar-refractivity contribution in [1.82, 2.24) is 4.90 Å². The van der Waals surface area contributed by atoms with E-state index < -0.39 is 0 Å². The van der Waals surface area contributed by atoms with Crippen molar-refractivity contribution in [3.63, 3.8) is 0 Å². The number of piperidine rings is 1. The van der Waals surface area contributed by atoms with Crippen LogP contribution in [0.1, 0.15) is 58.8 Å². The third-order valence-corrected chi connectivity index (χ3v) is 4.62. The molecule has 0 unspecified atom stereocenters. The molecule has 1 aliphatic heterocycles. The smallest absolute Gasteiger partial charge is 0.301 e. The van der Waals surface area contributed by atoms with Crippen molar-refractivity contribution in [3.05, 3.63) is 0 Å². The second kappa shape index (κ2) is 8.44. The molecule has 0 atom stereocenters. The molecule has 0 amide bonds. The molecule has 0 aromatic carbocycles. The Hall–Kier alpha value is -0.660. The molecule has 18 heavy (non-hydrogen) atoms. The van der Waals surface area contributed by atoms with Gasteiger partial charge in [0.1, 0.15) is 0 Å². The highest BCUT2D eigenvalue weighted by Gasteiger charge is 2.27. The van der Waals surface area contributed by atoms with Crippen molar-refractivity contribution in [2.24, 2.45) is 11.8 Å². The topological polar surface area (TPSA) is 37.4 Å². The van der Waals surface area contributed by atoms with E-state index in [9.17, 15) is 0 Å². The molecule has 2 fully saturated rings. The highest BCUT2D eigenvalue weighted by Crippen LogP contribution is 2.35. The van der Waals surface area contributed by atoms with Gasteiger partial charge in [0.25, 0.3) is 0 Å². The molecule has 104 valence electrons. The molecule has 0 bridgehead atoms. The highest BCUT2D eigenvalue weighted by atomic mass is 16.2. The molecule has 1 saturated heterocycles. The molecule has 0 N–H and O–H groups in total. The van der Waals surface area contributed by atoms with Gasteiger partial charge in [0.05, 0.1) is 0 Å². The van der Waals surface area contributed by atoms with E-state index >= 15 is 0 Å². The lowest BCUT2D eigenvalue weighted by Gasteiger charge is -2.39. The van der Waals surface area contributed by atoms with E-state index in [2.05, 4.69) is 18.7 Å². The van der Waals surface area contributed by atoms with Gasteiger partial charge in [0.2, 0.25) is 0 Å². The number of likely N-dealkylation sites (tertiary alicyclic amines) is 1. The molecule has 0 radical (unpaired) electrons. The van der Waals surface area contributed by atoms with Gasteiger partial charge in [-0.1, -0.05) is 32.1 Å². The molecule has 0 spiro atoms. The average molecular weight is 253 g/mol. The van der Waals surface area contributed by atoms with Gasteiger partial charge in [-0.05, 0) is 51.6 Å². The highest BCUT2D eigenvalue weighted by molar-refractivity contribution is 5.20. The number of rotatable bonds is 2. The first-order valence-corrected chi connectivity index (χ1v) is 7.42. The van der Waals surface area contributed by atoms with Crippen LogP contribution in [0.4, 0.5) is 0 Å². The Bertz CT molecular complexity index is 245. The molecule has 2 aliphatic rings. The second-order valence-corrected chi connectivity index (χ2v) is 5.95. The second-order valence-electron chi connectivity index (χ2n) is 5.95. The maximum Gasteiger partial charge on any atom is 0.373 e. The number of nitrogens with zero attached hydrogens (tertiary/aromatic N) is 1. The summed E-state index contributed by atoms with van der Waals surface area (Å²) in [6.45, 7) is 7.39. The summed E-state index contributed by atoms with van der Waals surface area (Å²) in [6, 6.07) is 0.761. The van der Waals surface area contributed by atoms with Crippen LogP contribution in [0.3, 0.4) is 0 Å². The Kier molecular flexibility index (Phi) is 7.22.